The average molecular weight is 432 g/mol. The molecule has 0 bridgehead atoms. The van der Waals surface area contributed by atoms with Gasteiger partial charge in [0.15, 0.2) is 11.6 Å². The van der Waals surface area contributed by atoms with Crippen LogP contribution < -0.4 is 10.6 Å². The maximum Gasteiger partial charge on any atom is 0.206 e. The van der Waals surface area contributed by atoms with Crippen LogP contribution in [0.4, 0.5) is 19.1 Å². The third-order valence-electron chi connectivity index (χ3n) is 4.73. The first kappa shape index (κ1) is 20.7. The highest BCUT2D eigenvalue weighted by molar-refractivity contribution is 6.30. The second-order valence-electron chi connectivity index (χ2n) is 6.64. The van der Waals surface area contributed by atoms with Crippen LogP contribution in [0, 0.1) is 11.6 Å². The number of piperidine rings is 1. The molecule has 3 heterocycles. The highest BCUT2D eigenvalue weighted by atomic mass is 35.5. The molecule has 28 heavy (non-hydrogen) atoms. The lowest BCUT2D eigenvalue weighted by Crippen LogP contribution is -2.50. The zero-order chi connectivity index (χ0) is 19.1. The predicted molar refractivity (Wildman–Crippen MR) is 105 cm³/mol. The summed E-state index contributed by atoms with van der Waals surface area (Å²) < 4.78 is 43.0. The minimum Gasteiger partial charge on any atom is -0.340 e. The molecule has 0 aliphatic carbocycles. The van der Waals surface area contributed by atoms with Crippen LogP contribution in [0.1, 0.15) is 12.1 Å². The summed E-state index contributed by atoms with van der Waals surface area (Å²) in [6.07, 6.45) is 0.708. The summed E-state index contributed by atoms with van der Waals surface area (Å²) in [6, 6.07) is 4.97. The third-order valence-corrected chi connectivity index (χ3v) is 4.96. The van der Waals surface area contributed by atoms with E-state index >= 15 is 0 Å². The molecule has 10 heteroatoms. The van der Waals surface area contributed by atoms with E-state index in [9.17, 15) is 13.2 Å². The van der Waals surface area contributed by atoms with E-state index < -0.39 is 23.8 Å². The first-order chi connectivity index (χ1) is 12.9. The molecular formula is C18H18Cl2F3N5. The molecular weight excluding hydrogens is 414 g/mol. The number of halogens is 5. The molecule has 4 rings (SSSR count). The Hall–Kier alpha value is -2.03. The molecule has 2 N–H and O–H groups in total. The topological polar surface area (TPSA) is 60.0 Å². The van der Waals surface area contributed by atoms with Crippen LogP contribution in [-0.2, 0) is 6.54 Å². The van der Waals surface area contributed by atoms with Crippen molar-refractivity contribution in [3.05, 3.63) is 52.8 Å². The van der Waals surface area contributed by atoms with Gasteiger partial charge in [-0.25, -0.2) is 18.2 Å². The van der Waals surface area contributed by atoms with E-state index in [1.54, 1.807) is 16.7 Å². The monoisotopic (exact) mass is 431 g/mol. The lowest BCUT2D eigenvalue weighted by Gasteiger charge is -2.34. The molecule has 2 aromatic heterocycles. The molecule has 1 aromatic carbocycles. The Balaban J connectivity index is 0.00000225. The fourth-order valence-electron chi connectivity index (χ4n) is 3.30. The average Bonchev–Trinajstić information content (AvgIpc) is 2.97. The van der Waals surface area contributed by atoms with E-state index in [1.165, 1.54) is 6.20 Å². The van der Waals surface area contributed by atoms with Gasteiger partial charge in [0.2, 0.25) is 5.95 Å². The first-order valence-electron chi connectivity index (χ1n) is 8.52. The van der Waals surface area contributed by atoms with Crippen LogP contribution in [-0.4, -0.2) is 39.8 Å². The molecule has 1 aliphatic rings. The van der Waals surface area contributed by atoms with Gasteiger partial charge in [-0.2, -0.15) is 0 Å². The summed E-state index contributed by atoms with van der Waals surface area (Å²) >= 11 is 5.88. The number of nitrogens with two attached hydrogens (primary N) is 1. The highest BCUT2D eigenvalue weighted by Crippen LogP contribution is 2.28. The Bertz CT molecular complexity index is 980. The zero-order valence-electron chi connectivity index (χ0n) is 14.7. The molecule has 1 fully saturated rings. The second kappa shape index (κ2) is 8.14. The van der Waals surface area contributed by atoms with Gasteiger partial charge in [-0.3, -0.25) is 4.98 Å². The molecule has 1 unspecified atom stereocenters. The van der Waals surface area contributed by atoms with Gasteiger partial charge in [0.1, 0.15) is 6.17 Å². The molecule has 0 amide bonds. The van der Waals surface area contributed by atoms with Crippen LogP contribution in [0.5, 0.6) is 0 Å². The van der Waals surface area contributed by atoms with Gasteiger partial charge < -0.3 is 15.2 Å². The lowest BCUT2D eigenvalue weighted by molar-refractivity contribution is 0.243. The van der Waals surface area contributed by atoms with Gasteiger partial charge in [0.05, 0.1) is 34.3 Å². The van der Waals surface area contributed by atoms with E-state index in [0.29, 0.717) is 34.2 Å². The van der Waals surface area contributed by atoms with Gasteiger partial charge in [0, 0.05) is 31.4 Å². The number of hydrogen-bond donors (Lipinski definition) is 1. The first-order valence-corrected chi connectivity index (χ1v) is 8.90. The number of fused-ring (bicyclic) bond motifs is 1. The van der Waals surface area contributed by atoms with Crippen molar-refractivity contribution >= 4 is 41.0 Å². The number of benzene rings is 1. The molecule has 1 aliphatic heterocycles. The molecule has 3 aromatic rings. The van der Waals surface area contributed by atoms with Gasteiger partial charge in [0.25, 0.3) is 0 Å². The molecule has 0 spiro atoms. The predicted octanol–water partition coefficient (Wildman–Crippen LogP) is 3.71. The van der Waals surface area contributed by atoms with Crippen molar-refractivity contribution < 1.29 is 13.2 Å². The van der Waals surface area contributed by atoms with Crippen molar-refractivity contribution in [1.82, 2.24) is 14.5 Å². The summed E-state index contributed by atoms with van der Waals surface area (Å²) in [5, 5.41) is 0.499. The molecule has 0 saturated carbocycles. The fourth-order valence-corrected chi connectivity index (χ4v) is 3.41. The summed E-state index contributed by atoms with van der Waals surface area (Å²) in [6.45, 7) is 0.958. The van der Waals surface area contributed by atoms with Crippen molar-refractivity contribution in [2.24, 2.45) is 5.73 Å². The molecule has 0 radical (unpaired) electrons. The van der Waals surface area contributed by atoms with E-state index in [2.05, 4.69) is 9.97 Å². The normalized spacial score (nSPS) is 19.7. The quantitative estimate of drug-likeness (QED) is 0.686. The second-order valence-corrected chi connectivity index (χ2v) is 7.07. The minimum atomic E-state index is -1.08. The van der Waals surface area contributed by atoms with Crippen molar-refractivity contribution in [2.75, 3.05) is 18.0 Å². The maximum absolute atomic E-state index is 13.9. The van der Waals surface area contributed by atoms with Gasteiger partial charge in [-0.1, -0.05) is 11.6 Å². The number of alkyl halides is 1. The fraction of sp³-hybridized carbons (Fsp3) is 0.333. The largest absolute Gasteiger partial charge is 0.340 e. The summed E-state index contributed by atoms with van der Waals surface area (Å²) in [4.78, 5) is 10.6. The Morgan fingerprint density at radius 3 is 2.64 bits per heavy atom. The standard InChI is InChI=1S/C18H17ClF3N5.ClH/c19-10-1-2-11(24-7-10)8-27-17-6-14(22)13(21)5-16(17)25-18(27)26-4-3-12(20)15(23)9-26;/h1-2,5-7,12,15H,3-4,8-9,23H2;1H/t12?,15-;/m1./s1. The van der Waals surface area contributed by atoms with Gasteiger partial charge in [-0.05, 0) is 18.6 Å². The van der Waals surface area contributed by atoms with Crippen LogP contribution in [0.25, 0.3) is 11.0 Å². The number of aromatic nitrogens is 3. The van der Waals surface area contributed by atoms with E-state index in [-0.39, 0.29) is 31.9 Å². The molecule has 150 valence electrons. The number of nitrogens with zero attached hydrogens (tertiary/aromatic N) is 4. The zero-order valence-corrected chi connectivity index (χ0v) is 16.2. The number of rotatable bonds is 3. The third kappa shape index (κ3) is 3.90. The number of imidazole rings is 1. The SMILES string of the molecule is Cl.N[C@@H]1CN(c2nc3cc(F)c(F)cc3n2Cc2ccc(Cl)cn2)CCC1F. The molecule has 5 nitrogen and oxygen atoms in total. The summed E-state index contributed by atoms with van der Waals surface area (Å²) in [5.74, 6) is -1.45. The maximum atomic E-state index is 13.9. The van der Waals surface area contributed by atoms with Crippen LogP contribution in [0.15, 0.2) is 30.5 Å². The van der Waals surface area contributed by atoms with E-state index in [4.69, 9.17) is 17.3 Å². The minimum absolute atomic E-state index is 0. The summed E-state index contributed by atoms with van der Waals surface area (Å²) in [7, 11) is 0. The van der Waals surface area contributed by atoms with E-state index in [0.717, 1.165) is 12.1 Å². The lowest BCUT2D eigenvalue weighted by atomic mass is 10.1. The Morgan fingerprint density at radius 2 is 1.96 bits per heavy atom. The Kier molecular flexibility index (Phi) is 6.02. The van der Waals surface area contributed by atoms with Gasteiger partial charge >= 0.3 is 0 Å². The number of anilines is 1. The van der Waals surface area contributed by atoms with Crippen LogP contribution in [0.3, 0.4) is 0 Å². The Morgan fingerprint density at radius 1 is 1.21 bits per heavy atom. The Labute approximate surface area is 170 Å². The van der Waals surface area contributed by atoms with Crippen molar-refractivity contribution in [3.8, 4) is 0 Å². The summed E-state index contributed by atoms with van der Waals surface area (Å²) in [5.41, 5.74) is 7.28. The van der Waals surface area contributed by atoms with Gasteiger partial charge in [-0.15, -0.1) is 12.4 Å². The molecule has 1 saturated heterocycles. The van der Waals surface area contributed by atoms with Crippen molar-refractivity contribution in [2.45, 2.75) is 25.2 Å². The van der Waals surface area contributed by atoms with Crippen LogP contribution >= 0.6 is 24.0 Å². The number of pyridine rings is 1. The van der Waals surface area contributed by atoms with Crippen molar-refractivity contribution in [1.29, 1.82) is 0 Å². The highest BCUT2D eigenvalue weighted by Gasteiger charge is 2.29. The van der Waals surface area contributed by atoms with E-state index in [1.807, 2.05) is 4.90 Å². The number of hydrogen-bond acceptors (Lipinski definition) is 4. The van der Waals surface area contributed by atoms with Crippen molar-refractivity contribution in [3.63, 3.8) is 0 Å². The molecule has 2 atom stereocenters. The smallest absolute Gasteiger partial charge is 0.206 e. The van der Waals surface area contributed by atoms with Crippen LogP contribution in [0.2, 0.25) is 5.02 Å².